The highest BCUT2D eigenvalue weighted by Crippen LogP contribution is 2.39. The van der Waals surface area contributed by atoms with Gasteiger partial charge in [0.15, 0.2) is 0 Å². The molecule has 4 rings (SSSR count). The summed E-state index contributed by atoms with van der Waals surface area (Å²) in [5.41, 5.74) is 2.56. The molecule has 1 fully saturated rings. The van der Waals surface area contributed by atoms with Crippen LogP contribution < -0.4 is 0 Å². The maximum Gasteiger partial charge on any atom is 0.307 e. The fraction of sp³-hybridized carbons (Fsp3) is 0.250. The fourth-order valence-corrected chi connectivity index (χ4v) is 4.99. The maximum absolute atomic E-state index is 13.0. The highest BCUT2D eigenvalue weighted by atomic mass is 32.2. The zero-order chi connectivity index (χ0) is 23.4. The monoisotopic (exact) mass is 481 g/mol. The summed E-state index contributed by atoms with van der Waals surface area (Å²) >= 11 is 6.55. The summed E-state index contributed by atoms with van der Waals surface area (Å²) in [5, 5.41) is 16.9. The summed E-state index contributed by atoms with van der Waals surface area (Å²) in [6, 6.07) is 16.7. The average Bonchev–Trinajstić information content (AvgIpc) is 3.34. The maximum atomic E-state index is 13.0. The number of nitrogens with zero attached hydrogens (tertiary/aromatic N) is 3. The van der Waals surface area contributed by atoms with Gasteiger partial charge in [-0.05, 0) is 18.6 Å². The predicted octanol–water partition coefficient (Wildman–Crippen LogP) is 4.20. The number of hydrazone groups is 1. The van der Waals surface area contributed by atoms with Crippen molar-refractivity contribution >= 4 is 45.9 Å². The lowest BCUT2D eigenvalue weighted by Gasteiger charge is -2.21. The lowest BCUT2D eigenvalue weighted by Crippen LogP contribution is -2.31. The van der Waals surface area contributed by atoms with E-state index < -0.39 is 0 Å². The van der Waals surface area contributed by atoms with Gasteiger partial charge in [0.2, 0.25) is 0 Å². The minimum absolute atomic E-state index is 0.0775. The van der Waals surface area contributed by atoms with E-state index in [0.29, 0.717) is 22.3 Å². The number of hydrogen-bond donors (Lipinski definition) is 1. The van der Waals surface area contributed by atoms with Crippen molar-refractivity contribution in [1.29, 1.82) is 0 Å². The number of phenolic OH excluding ortho intramolecular Hbond substituents is 1. The Morgan fingerprint density at radius 2 is 1.97 bits per heavy atom. The summed E-state index contributed by atoms with van der Waals surface area (Å²) in [5.74, 6) is -0.465. The van der Waals surface area contributed by atoms with E-state index in [2.05, 4.69) is 0 Å². The van der Waals surface area contributed by atoms with Gasteiger partial charge in [0.25, 0.3) is 5.91 Å². The molecule has 33 heavy (non-hydrogen) atoms. The van der Waals surface area contributed by atoms with Gasteiger partial charge < -0.3 is 9.84 Å². The number of hydrogen-bond acceptors (Lipinski definition) is 8. The van der Waals surface area contributed by atoms with E-state index in [0.717, 1.165) is 16.8 Å². The Morgan fingerprint density at radius 1 is 1.24 bits per heavy atom. The molecule has 1 unspecified atom stereocenters. The molecule has 1 N–H and O–H groups in total. The topological polar surface area (TPSA) is 82.4 Å². The van der Waals surface area contributed by atoms with Gasteiger partial charge in [-0.1, -0.05) is 72.5 Å². The van der Waals surface area contributed by atoms with Crippen LogP contribution in [-0.4, -0.2) is 50.1 Å². The molecule has 0 saturated carbocycles. The average molecular weight is 482 g/mol. The van der Waals surface area contributed by atoms with Crippen LogP contribution in [0.2, 0.25) is 0 Å². The quantitative estimate of drug-likeness (QED) is 0.361. The molecular weight excluding hydrogens is 458 g/mol. The van der Waals surface area contributed by atoms with Crippen molar-refractivity contribution in [2.45, 2.75) is 25.8 Å². The van der Waals surface area contributed by atoms with E-state index in [4.69, 9.17) is 22.1 Å². The van der Waals surface area contributed by atoms with Crippen molar-refractivity contribution in [2.75, 3.05) is 13.2 Å². The molecule has 2 aliphatic rings. The molecule has 0 spiro atoms. The second kappa shape index (κ2) is 10.2. The summed E-state index contributed by atoms with van der Waals surface area (Å²) in [6.07, 6.45) is 2.33. The molecule has 2 aromatic carbocycles. The second-order valence-electron chi connectivity index (χ2n) is 7.44. The molecule has 0 radical (unpaired) electrons. The molecule has 170 valence electrons. The number of carbonyl (C=O) groups excluding carboxylic acids is 2. The standard InChI is InChI=1S/C24H23N3O4S2/c1-2-31-22(29)12-13-26-23(30)21(33-24(26)32)15-27-19(17-10-6-7-11-20(17)28)14-18(25-27)16-8-4-3-5-9-16/h3-11,15,19,28H,2,12-14H2,1H3/b21-15-. The third-order valence-corrected chi connectivity index (χ3v) is 6.68. The molecule has 7 nitrogen and oxygen atoms in total. The predicted molar refractivity (Wildman–Crippen MR) is 132 cm³/mol. The van der Waals surface area contributed by atoms with Crippen molar-refractivity contribution in [2.24, 2.45) is 5.10 Å². The van der Waals surface area contributed by atoms with Gasteiger partial charge in [-0.3, -0.25) is 19.5 Å². The van der Waals surface area contributed by atoms with Gasteiger partial charge in [-0.25, -0.2) is 0 Å². The van der Waals surface area contributed by atoms with Crippen LogP contribution in [-0.2, 0) is 14.3 Å². The zero-order valence-electron chi connectivity index (χ0n) is 18.0. The highest BCUT2D eigenvalue weighted by Gasteiger charge is 2.35. The van der Waals surface area contributed by atoms with E-state index in [9.17, 15) is 14.7 Å². The Balaban J connectivity index is 1.61. The Bertz CT molecular complexity index is 1130. The molecule has 2 heterocycles. The number of rotatable bonds is 7. The number of amides is 1. The Hall–Kier alpha value is -3.17. The molecular formula is C24H23N3O4S2. The van der Waals surface area contributed by atoms with Crippen LogP contribution in [0.25, 0.3) is 0 Å². The first-order chi connectivity index (χ1) is 16.0. The van der Waals surface area contributed by atoms with Crippen molar-refractivity contribution in [3.63, 3.8) is 0 Å². The number of phenols is 1. The number of esters is 1. The molecule has 9 heteroatoms. The van der Waals surface area contributed by atoms with E-state index in [1.165, 1.54) is 16.7 Å². The summed E-state index contributed by atoms with van der Waals surface area (Å²) in [6.45, 7) is 2.20. The Morgan fingerprint density at radius 3 is 2.70 bits per heavy atom. The molecule has 1 amide bonds. The van der Waals surface area contributed by atoms with Crippen molar-refractivity contribution in [3.05, 3.63) is 76.8 Å². The van der Waals surface area contributed by atoms with Crippen molar-refractivity contribution in [3.8, 4) is 5.75 Å². The van der Waals surface area contributed by atoms with Crippen molar-refractivity contribution in [1.82, 2.24) is 9.91 Å². The van der Waals surface area contributed by atoms with E-state index in [1.807, 2.05) is 42.5 Å². The van der Waals surface area contributed by atoms with Crippen LogP contribution in [0.5, 0.6) is 5.75 Å². The number of para-hydroxylation sites is 1. The minimum Gasteiger partial charge on any atom is -0.508 e. The summed E-state index contributed by atoms with van der Waals surface area (Å²) in [7, 11) is 0. The van der Waals surface area contributed by atoms with Gasteiger partial charge >= 0.3 is 5.97 Å². The van der Waals surface area contributed by atoms with Gasteiger partial charge in [-0.2, -0.15) is 5.10 Å². The molecule has 1 saturated heterocycles. The largest absolute Gasteiger partial charge is 0.508 e. The van der Waals surface area contributed by atoms with E-state index in [1.54, 1.807) is 30.3 Å². The first kappa shape index (κ1) is 23.0. The number of ether oxygens (including phenoxy) is 1. The van der Waals surface area contributed by atoms with E-state index >= 15 is 0 Å². The Kier molecular flexibility index (Phi) is 7.10. The molecule has 2 aromatic rings. The Labute approximate surface area is 201 Å². The van der Waals surface area contributed by atoms with Crippen LogP contribution in [0.3, 0.4) is 0 Å². The first-order valence-corrected chi connectivity index (χ1v) is 11.8. The summed E-state index contributed by atoms with van der Waals surface area (Å²) in [4.78, 5) is 26.5. The minimum atomic E-state index is -0.369. The van der Waals surface area contributed by atoms with Gasteiger partial charge in [0, 0.05) is 24.7 Å². The normalized spacial score (nSPS) is 19.4. The smallest absolute Gasteiger partial charge is 0.307 e. The summed E-state index contributed by atoms with van der Waals surface area (Å²) < 4.78 is 5.33. The van der Waals surface area contributed by atoms with Crippen LogP contribution in [0.4, 0.5) is 0 Å². The number of benzene rings is 2. The molecule has 0 aliphatic carbocycles. The van der Waals surface area contributed by atoms with Crippen LogP contribution in [0.15, 0.2) is 70.8 Å². The second-order valence-corrected chi connectivity index (χ2v) is 9.12. The molecule has 1 atom stereocenters. The first-order valence-electron chi connectivity index (χ1n) is 10.6. The van der Waals surface area contributed by atoms with Crippen molar-refractivity contribution < 1.29 is 19.4 Å². The van der Waals surface area contributed by atoms with E-state index in [-0.39, 0.29) is 36.6 Å². The SMILES string of the molecule is CCOC(=O)CCN1C(=O)/C(=C/N2N=C(c3ccccc3)CC2c2ccccc2O)SC1=S. The lowest BCUT2D eigenvalue weighted by atomic mass is 9.98. The highest BCUT2D eigenvalue weighted by molar-refractivity contribution is 8.26. The number of carbonyl (C=O) groups is 2. The number of thiocarbonyl (C=S) groups is 1. The lowest BCUT2D eigenvalue weighted by molar-refractivity contribution is -0.143. The van der Waals surface area contributed by atoms with Crippen LogP contribution >= 0.6 is 24.0 Å². The zero-order valence-corrected chi connectivity index (χ0v) is 19.6. The van der Waals surface area contributed by atoms with Gasteiger partial charge in [-0.15, -0.1) is 0 Å². The molecule has 0 aromatic heterocycles. The fourth-order valence-electron chi connectivity index (χ4n) is 3.71. The molecule has 2 aliphatic heterocycles. The van der Waals surface area contributed by atoms with Gasteiger partial charge in [0.05, 0.1) is 29.7 Å². The third-order valence-electron chi connectivity index (χ3n) is 5.31. The number of aromatic hydroxyl groups is 1. The number of thioether (sulfide) groups is 1. The van der Waals surface area contributed by atoms with Gasteiger partial charge in [0.1, 0.15) is 10.1 Å². The van der Waals surface area contributed by atoms with Crippen LogP contribution in [0, 0.1) is 0 Å². The molecule has 0 bridgehead atoms. The van der Waals surface area contributed by atoms with Crippen LogP contribution in [0.1, 0.15) is 36.9 Å². The third kappa shape index (κ3) is 5.09.